The normalized spacial score (nSPS) is 18.2. The molecule has 0 bridgehead atoms. The predicted molar refractivity (Wildman–Crippen MR) is 81.2 cm³/mol. The van der Waals surface area contributed by atoms with Crippen LogP contribution in [0.25, 0.3) is 0 Å². The molecule has 0 radical (unpaired) electrons. The van der Waals surface area contributed by atoms with E-state index in [9.17, 15) is 12.8 Å². The van der Waals surface area contributed by atoms with Gasteiger partial charge < -0.3 is 0 Å². The first kappa shape index (κ1) is 14.6. The zero-order valence-corrected chi connectivity index (χ0v) is 12.8. The van der Waals surface area contributed by atoms with E-state index in [-0.39, 0.29) is 10.9 Å². The molecule has 6 heteroatoms. The van der Waals surface area contributed by atoms with Gasteiger partial charge in [-0.25, -0.2) is 17.5 Å². The van der Waals surface area contributed by atoms with Gasteiger partial charge in [-0.2, -0.15) is 0 Å². The van der Waals surface area contributed by atoms with Gasteiger partial charge >= 0.3 is 0 Å². The number of thioether (sulfide) groups is 1. The van der Waals surface area contributed by atoms with Crippen molar-refractivity contribution in [2.75, 3.05) is 5.75 Å². The average Bonchev–Trinajstić information content (AvgIpc) is 2.47. The maximum Gasteiger partial charge on any atom is 0.244 e. The van der Waals surface area contributed by atoms with Crippen molar-refractivity contribution in [3.8, 4) is 0 Å². The molecule has 3 rings (SSSR count). The molecule has 1 N–H and O–H groups in total. The smallest absolute Gasteiger partial charge is 0.207 e. The van der Waals surface area contributed by atoms with Crippen LogP contribution in [0, 0.1) is 5.82 Å². The van der Waals surface area contributed by atoms with Gasteiger partial charge in [0.15, 0.2) is 0 Å². The highest BCUT2D eigenvalue weighted by Crippen LogP contribution is 2.36. The average molecular weight is 323 g/mol. The molecule has 0 aromatic heterocycles. The van der Waals surface area contributed by atoms with Crippen molar-refractivity contribution in [2.45, 2.75) is 22.3 Å². The number of sulfonamides is 1. The Morgan fingerprint density at radius 1 is 1.10 bits per heavy atom. The van der Waals surface area contributed by atoms with Gasteiger partial charge in [-0.05, 0) is 35.9 Å². The largest absolute Gasteiger partial charge is 0.244 e. The van der Waals surface area contributed by atoms with E-state index in [0.29, 0.717) is 6.42 Å². The van der Waals surface area contributed by atoms with Crippen LogP contribution in [0.4, 0.5) is 4.39 Å². The van der Waals surface area contributed by atoms with E-state index in [1.807, 2.05) is 24.3 Å². The Bertz CT molecular complexity index is 762. The van der Waals surface area contributed by atoms with E-state index >= 15 is 0 Å². The van der Waals surface area contributed by atoms with Gasteiger partial charge in [0.25, 0.3) is 0 Å². The lowest BCUT2D eigenvalue weighted by Crippen LogP contribution is -2.31. The molecule has 1 atom stereocenters. The van der Waals surface area contributed by atoms with Crippen LogP contribution in [0.3, 0.4) is 0 Å². The number of hydrogen-bond acceptors (Lipinski definition) is 3. The predicted octanol–water partition coefficient (Wildman–Crippen LogP) is 3.34. The third-order valence-electron chi connectivity index (χ3n) is 3.38. The molecule has 110 valence electrons. The summed E-state index contributed by atoms with van der Waals surface area (Å²) in [6.45, 7) is 0. The molecule has 2 aromatic rings. The highest BCUT2D eigenvalue weighted by atomic mass is 32.2. The Kier molecular flexibility index (Phi) is 4.01. The maximum absolute atomic E-state index is 13.7. The molecule has 3 nitrogen and oxygen atoms in total. The number of rotatable bonds is 3. The molecule has 0 spiro atoms. The first-order valence-corrected chi connectivity index (χ1v) is 9.03. The minimum absolute atomic E-state index is 0.305. The molecular formula is C15H14FNO2S2. The van der Waals surface area contributed by atoms with E-state index in [0.717, 1.165) is 22.3 Å². The van der Waals surface area contributed by atoms with Crippen LogP contribution >= 0.6 is 11.8 Å². The van der Waals surface area contributed by atoms with Gasteiger partial charge in [0.1, 0.15) is 10.7 Å². The Balaban J connectivity index is 1.93. The SMILES string of the molecule is O=S(=O)(N[C@@H]1CCSc2ccccc21)c1ccccc1F. The van der Waals surface area contributed by atoms with Crippen LogP contribution in [0.2, 0.25) is 0 Å². The number of fused-ring (bicyclic) bond motifs is 1. The summed E-state index contributed by atoms with van der Waals surface area (Å²) >= 11 is 1.71. The van der Waals surface area contributed by atoms with Crippen LogP contribution in [0.15, 0.2) is 58.3 Å². The van der Waals surface area contributed by atoms with Gasteiger partial charge in [-0.1, -0.05) is 30.3 Å². The molecule has 0 unspecified atom stereocenters. The minimum atomic E-state index is -3.87. The topological polar surface area (TPSA) is 46.2 Å². The molecule has 0 saturated heterocycles. The van der Waals surface area contributed by atoms with Gasteiger partial charge in [-0.15, -0.1) is 11.8 Å². The Morgan fingerprint density at radius 2 is 1.81 bits per heavy atom. The zero-order chi connectivity index (χ0) is 14.9. The standard InChI is InChI=1S/C15H14FNO2S2/c16-12-6-2-4-8-15(12)21(18,19)17-13-9-10-20-14-7-3-1-5-11(13)14/h1-8,13,17H,9-10H2/t13-/m1/s1. The van der Waals surface area contributed by atoms with Crippen LogP contribution in [0.1, 0.15) is 18.0 Å². The molecular weight excluding hydrogens is 309 g/mol. The fourth-order valence-electron chi connectivity index (χ4n) is 2.38. The van der Waals surface area contributed by atoms with Crippen molar-refractivity contribution >= 4 is 21.8 Å². The summed E-state index contributed by atoms with van der Waals surface area (Å²) in [5.74, 6) is 0.102. The summed E-state index contributed by atoms with van der Waals surface area (Å²) in [6, 6.07) is 12.8. The summed E-state index contributed by atoms with van der Waals surface area (Å²) in [6.07, 6.45) is 0.690. The van der Waals surface area contributed by atoms with Gasteiger partial charge in [0, 0.05) is 10.9 Å². The van der Waals surface area contributed by atoms with Crippen molar-refractivity contribution in [1.29, 1.82) is 0 Å². The van der Waals surface area contributed by atoms with Gasteiger partial charge in [0.2, 0.25) is 10.0 Å². The lowest BCUT2D eigenvalue weighted by atomic mass is 10.1. The zero-order valence-electron chi connectivity index (χ0n) is 11.1. The third-order valence-corrected chi connectivity index (χ3v) is 6.01. The summed E-state index contributed by atoms with van der Waals surface area (Å²) in [4.78, 5) is 0.769. The van der Waals surface area contributed by atoms with Crippen LogP contribution in [-0.2, 0) is 10.0 Å². The van der Waals surface area contributed by atoms with Crippen LogP contribution in [-0.4, -0.2) is 14.2 Å². The highest BCUT2D eigenvalue weighted by molar-refractivity contribution is 7.99. The Morgan fingerprint density at radius 3 is 2.62 bits per heavy atom. The first-order chi connectivity index (χ1) is 10.1. The quantitative estimate of drug-likeness (QED) is 0.942. The van der Waals surface area contributed by atoms with Crippen molar-refractivity contribution in [3.05, 3.63) is 59.9 Å². The van der Waals surface area contributed by atoms with Crippen LogP contribution in [0.5, 0.6) is 0 Å². The molecule has 2 aromatic carbocycles. The Hall–Kier alpha value is -1.37. The molecule has 21 heavy (non-hydrogen) atoms. The number of nitrogens with one attached hydrogen (secondary N) is 1. The molecule has 1 aliphatic heterocycles. The lowest BCUT2D eigenvalue weighted by molar-refractivity contribution is 0.532. The van der Waals surface area contributed by atoms with Crippen LogP contribution < -0.4 is 4.72 Å². The van der Waals surface area contributed by atoms with Crippen molar-refractivity contribution in [1.82, 2.24) is 4.72 Å². The summed E-state index contributed by atoms with van der Waals surface area (Å²) < 4.78 is 41.1. The van der Waals surface area contributed by atoms with Gasteiger partial charge in [0.05, 0.1) is 0 Å². The Labute approximate surface area is 127 Å². The van der Waals surface area contributed by atoms with E-state index in [1.165, 1.54) is 18.2 Å². The number of halogens is 1. The molecule has 0 amide bonds. The summed E-state index contributed by atoms with van der Waals surface area (Å²) in [5.41, 5.74) is 0.952. The fraction of sp³-hybridized carbons (Fsp3) is 0.200. The molecule has 1 heterocycles. The summed E-state index contributed by atoms with van der Waals surface area (Å²) in [7, 11) is -3.87. The van der Waals surface area contributed by atoms with Crippen molar-refractivity contribution in [3.63, 3.8) is 0 Å². The second-order valence-electron chi connectivity index (χ2n) is 4.78. The van der Waals surface area contributed by atoms with E-state index < -0.39 is 15.8 Å². The molecule has 1 aliphatic rings. The monoisotopic (exact) mass is 323 g/mol. The molecule has 0 saturated carbocycles. The van der Waals surface area contributed by atoms with E-state index in [1.54, 1.807) is 11.8 Å². The highest BCUT2D eigenvalue weighted by Gasteiger charge is 2.27. The van der Waals surface area contributed by atoms with E-state index in [2.05, 4.69) is 4.72 Å². The summed E-state index contributed by atoms with van der Waals surface area (Å²) in [5, 5.41) is 0. The number of hydrogen-bond donors (Lipinski definition) is 1. The van der Waals surface area contributed by atoms with Crippen molar-refractivity contribution < 1.29 is 12.8 Å². The van der Waals surface area contributed by atoms with Crippen molar-refractivity contribution in [2.24, 2.45) is 0 Å². The second kappa shape index (κ2) is 5.79. The fourth-order valence-corrected chi connectivity index (χ4v) is 4.83. The third kappa shape index (κ3) is 2.97. The number of benzene rings is 2. The van der Waals surface area contributed by atoms with E-state index in [4.69, 9.17) is 0 Å². The second-order valence-corrected chi connectivity index (χ2v) is 7.60. The molecule has 0 fully saturated rings. The van der Waals surface area contributed by atoms with Gasteiger partial charge in [-0.3, -0.25) is 0 Å². The lowest BCUT2D eigenvalue weighted by Gasteiger charge is -2.25. The minimum Gasteiger partial charge on any atom is -0.207 e. The maximum atomic E-state index is 13.7. The molecule has 0 aliphatic carbocycles. The first-order valence-electron chi connectivity index (χ1n) is 6.56.